The van der Waals surface area contributed by atoms with E-state index < -0.39 is 4.92 Å². The molecule has 5 nitrogen and oxygen atoms in total. The lowest BCUT2D eigenvalue weighted by Crippen LogP contribution is -2.18. The summed E-state index contributed by atoms with van der Waals surface area (Å²) in [6.45, 7) is 0.997. The second-order valence-electron chi connectivity index (χ2n) is 3.81. The van der Waals surface area contributed by atoms with Crippen LogP contribution in [-0.2, 0) is 0 Å². The highest BCUT2D eigenvalue weighted by Gasteiger charge is 2.29. The van der Waals surface area contributed by atoms with E-state index in [0.717, 1.165) is 24.9 Å². The van der Waals surface area contributed by atoms with Crippen molar-refractivity contribution in [2.45, 2.75) is 18.9 Å². The highest BCUT2D eigenvalue weighted by atomic mass is 16.6. The van der Waals surface area contributed by atoms with Crippen molar-refractivity contribution < 1.29 is 4.92 Å². The van der Waals surface area contributed by atoms with Gasteiger partial charge < -0.3 is 10.1 Å². The molecule has 2 rings (SSSR count). The highest BCUT2D eigenvalue weighted by molar-refractivity contribution is 5.35. The molecule has 1 aromatic heterocycles. The molecule has 1 unspecified atom stereocenters. The Balaban J connectivity index is 2.38. The van der Waals surface area contributed by atoms with Gasteiger partial charge in [-0.05, 0) is 48.5 Å². The minimum absolute atomic E-state index is 0.00347. The van der Waals surface area contributed by atoms with Crippen LogP contribution < -0.4 is 0 Å². The van der Waals surface area contributed by atoms with E-state index in [4.69, 9.17) is 0 Å². The van der Waals surface area contributed by atoms with Crippen LogP contribution in [0.3, 0.4) is 0 Å². The van der Waals surface area contributed by atoms with Crippen LogP contribution in [0.5, 0.6) is 0 Å². The normalized spacial score (nSPS) is 21.8. The summed E-state index contributed by atoms with van der Waals surface area (Å²) in [6.07, 6.45) is 3.53. The molecule has 0 radical (unpaired) electrons. The third-order valence-corrected chi connectivity index (χ3v) is 2.87. The van der Waals surface area contributed by atoms with E-state index in [1.54, 1.807) is 12.1 Å². The molecule has 1 atom stereocenters. The molecule has 0 amide bonds. The van der Waals surface area contributed by atoms with E-state index in [1.807, 2.05) is 7.05 Å². The first kappa shape index (κ1) is 10.0. The first-order valence-corrected chi connectivity index (χ1v) is 4.99. The third-order valence-electron chi connectivity index (χ3n) is 2.87. The first-order valence-electron chi connectivity index (χ1n) is 4.99. The molecule has 0 aromatic carbocycles. The topological polar surface area (TPSA) is 59.3 Å². The lowest BCUT2D eigenvalue weighted by molar-refractivity contribution is -0.390. The SMILES string of the molecule is CN1CCCC1c1cccnc1[N+](=O)[O-]. The molecule has 1 aliphatic rings. The standard InChI is InChI=1S/C10H13N3O2/c1-12-7-3-5-9(12)8-4-2-6-11-10(8)13(14)15/h2,4,6,9H,3,5,7H2,1H3. The smallest absolute Gasteiger partial charge is 0.358 e. The molecule has 1 aliphatic heterocycles. The van der Waals surface area contributed by atoms with E-state index in [0.29, 0.717) is 0 Å². The highest BCUT2D eigenvalue weighted by Crippen LogP contribution is 2.34. The Morgan fingerprint density at radius 3 is 3.07 bits per heavy atom. The minimum atomic E-state index is -0.401. The molecule has 0 aliphatic carbocycles. The zero-order valence-electron chi connectivity index (χ0n) is 8.59. The van der Waals surface area contributed by atoms with Crippen LogP contribution in [-0.4, -0.2) is 28.4 Å². The van der Waals surface area contributed by atoms with Gasteiger partial charge in [0.25, 0.3) is 0 Å². The summed E-state index contributed by atoms with van der Waals surface area (Å²) in [5.74, 6) is -0.00347. The Hall–Kier alpha value is -1.49. The van der Waals surface area contributed by atoms with Crippen LogP contribution in [0.2, 0.25) is 0 Å². The van der Waals surface area contributed by atoms with Crippen molar-refractivity contribution in [3.05, 3.63) is 34.0 Å². The Morgan fingerprint density at radius 2 is 2.47 bits per heavy atom. The molecule has 0 saturated carbocycles. The lowest BCUT2D eigenvalue weighted by Gasteiger charge is -2.18. The van der Waals surface area contributed by atoms with Crippen molar-refractivity contribution in [1.82, 2.24) is 9.88 Å². The number of hydrogen-bond acceptors (Lipinski definition) is 4. The Kier molecular flexibility index (Phi) is 2.64. The molecule has 2 heterocycles. The number of rotatable bonds is 2. The van der Waals surface area contributed by atoms with Gasteiger partial charge in [0.15, 0.2) is 0 Å². The lowest BCUT2D eigenvalue weighted by atomic mass is 10.1. The van der Waals surface area contributed by atoms with Gasteiger partial charge in [-0.15, -0.1) is 0 Å². The molecule has 15 heavy (non-hydrogen) atoms. The fourth-order valence-electron chi connectivity index (χ4n) is 2.13. The maximum atomic E-state index is 10.8. The zero-order chi connectivity index (χ0) is 10.8. The molecule has 0 N–H and O–H groups in total. The number of pyridine rings is 1. The minimum Gasteiger partial charge on any atom is -0.358 e. The molecule has 1 fully saturated rings. The second-order valence-corrected chi connectivity index (χ2v) is 3.81. The van der Waals surface area contributed by atoms with Gasteiger partial charge in [-0.3, -0.25) is 4.90 Å². The average Bonchev–Trinajstić information content (AvgIpc) is 2.64. The average molecular weight is 207 g/mol. The van der Waals surface area contributed by atoms with Crippen LogP contribution in [0.25, 0.3) is 0 Å². The van der Waals surface area contributed by atoms with Gasteiger partial charge >= 0.3 is 5.82 Å². The second kappa shape index (κ2) is 3.94. The number of aromatic nitrogens is 1. The van der Waals surface area contributed by atoms with Crippen molar-refractivity contribution in [1.29, 1.82) is 0 Å². The molecule has 1 saturated heterocycles. The van der Waals surface area contributed by atoms with Gasteiger partial charge in [0, 0.05) is 6.04 Å². The van der Waals surface area contributed by atoms with E-state index >= 15 is 0 Å². The number of likely N-dealkylation sites (tertiary alicyclic amines) is 1. The van der Waals surface area contributed by atoms with Gasteiger partial charge in [0.1, 0.15) is 6.20 Å². The number of nitro groups is 1. The fraction of sp³-hybridized carbons (Fsp3) is 0.500. The van der Waals surface area contributed by atoms with Gasteiger partial charge in [-0.2, -0.15) is 0 Å². The van der Waals surface area contributed by atoms with Gasteiger partial charge in [0.05, 0.1) is 5.56 Å². The largest absolute Gasteiger partial charge is 0.368 e. The molecule has 0 bridgehead atoms. The molecular weight excluding hydrogens is 194 g/mol. The zero-order valence-corrected chi connectivity index (χ0v) is 8.59. The van der Waals surface area contributed by atoms with E-state index in [2.05, 4.69) is 9.88 Å². The molecule has 80 valence electrons. The van der Waals surface area contributed by atoms with Gasteiger partial charge in [0.2, 0.25) is 0 Å². The van der Waals surface area contributed by atoms with Crippen LogP contribution in [0.1, 0.15) is 24.4 Å². The van der Waals surface area contributed by atoms with Gasteiger partial charge in [-0.1, -0.05) is 0 Å². The quantitative estimate of drug-likeness (QED) is 0.547. The van der Waals surface area contributed by atoms with Crippen molar-refractivity contribution in [2.75, 3.05) is 13.6 Å². The van der Waals surface area contributed by atoms with Crippen molar-refractivity contribution in [3.8, 4) is 0 Å². The maximum absolute atomic E-state index is 10.8. The van der Waals surface area contributed by atoms with Crippen LogP contribution in [0.15, 0.2) is 18.3 Å². The Labute approximate surface area is 87.9 Å². The van der Waals surface area contributed by atoms with Crippen LogP contribution in [0.4, 0.5) is 5.82 Å². The van der Waals surface area contributed by atoms with Crippen LogP contribution >= 0.6 is 0 Å². The first-order chi connectivity index (χ1) is 7.20. The Morgan fingerprint density at radius 1 is 1.67 bits per heavy atom. The summed E-state index contributed by atoms with van der Waals surface area (Å²) in [4.78, 5) is 16.4. The fourth-order valence-corrected chi connectivity index (χ4v) is 2.13. The summed E-state index contributed by atoms with van der Waals surface area (Å²) in [6, 6.07) is 3.71. The predicted octanol–water partition coefficient (Wildman–Crippen LogP) is 1.76. The van der Waals surface area contributed by atoms with Gasteiger partial charge in [-0.25, -0.2) is 0 Å². The third kappa shape index (κ3) is 1.83. The maximum Gasteiger partial charge on any atom is 0.368 e. The summed E-state index contributed by atoms with van der Waals surface area (Å²) < 4.78 is 0. The summed E-state index contributed by atoms with van der Waals surface area (Å²) in [5.41, 5.74) is 0.738. The Bertz CT molecular complexity index is 381. The van der Waals surface area contributed by atoms with Crippen molar-refractivity contribution >= 4 is 5.82 Å². The molecule has 5 heteroatoms. The van der Waals surface area contributed by atoms with Crippen molar-refractivity contribution in [2.24, 2.45) is 0 Å². The summed E-state index contributed by atoms with van der Waals surface area (Å²) >= 11 is 0. The van der Waals surface area contributed by atoms with Crippen molar-refractivity contribution in [3.63, 3.8) is 0 Å². The molecule has 0 spiro atoms. The molecule has 1 aromatic rings. The van der Waals surface area contributed by atoms with E-state index in [1.165, 1.54) is 6.20 Å². The summed E-state index contributed by atoms with van der Waals surface area (Å²) in [7, 11) is 1.99. The van der Waals surface area contributed by atoms with E-state index in [9.17, 15) is 10.1 Å². The molecular formula is C10H13N3O2. The number of nitrogens with zero attached hydrogens (tertiary/aromatic N) is 3. The van der Waals surface area contributed by atoms with E-state index in [-0.39, 0.29) is 11.9 Å². The number of hydrogen-bond donors (Lipinski definition) is 0. The monoisotopic (exact) mass is 207 g/mol. The predicted molar refractivity (Wildman–Crippen MR) is 55.5 cm³/mol. The summed E-state index contributed by atoms with van der Waals surface area (Å²) in [5, 5.41) is 10.8. The van der Waals surface area contributed by atoms with Crippen LogP contribution in [0, 0.1) is 10.1 Å².